The van der Waals surface area contributed by atoms with Crippen LogP contribution in [0.4, 0.5) is 0 Å². The summed E-state index contributed by atoms with van der Waals surface area (Å²) in [5, 5.41) is 10.4. The van der Waals surface area contributed by atoms with Gasteiger partial charge in [0.2, 0.25) is 0 Å². The summed E-state index contributed by atoms with van der Waals surface area (Å²) >= 11 is 0. The highest BCUT2D eigenvalue weighted by Gasteiger charge is 2.20. The number of likely N-dealkylation sites (N-methyl/N-ethyl adjacent to an activating group) is 1. The van der Waals surface area contributed by atoms with Crippen molar-refractivity contribution in [3.63, 3.8) is 0 Å². The molecule has 0 bridgehead atoms. The Balaban J connectivity index is 1.44. The van der Waals surface area contributed by atoms with E-state index in [-0.39, 0.29) is 0 Å². The van der Waals surface area contributed by atoms with Gasteiger partial charge in [-0.05, 0) is 44.6 Å². The molecule has 1 fully saturated rings. The molecule has 1 N–H and O–H groups in total. The lowest BCUT2D eigenvalue weighted by molar-refractivity contribution is 0.0561. The van der Waals surface area contributed by atoms with Crippen molar-refractivity contribution < 1.29 is 9.84 Å². The predicted molar refractivity (Wildman–Crippen MR) is 115 cm³/mol. The van der Waals surface area contributed by atoms with Crippen LogP contribution in [0.3, 0.4) is 0 Å². The van der Waals surface area contributed by atoms with Gasteiger partial charge < -0.3 is 14.7 Å². The van der Waals surface area contributed by atoms with Crippen molar-refractivity contribution in [3.05, 3.63) is 54.1 Å². The molecule has 0 saturated heterocycles. The van der Waals surface area contributed by atoms with Crippen molar-refractivity contribution in [1.82, 2.24) is 19.8 Å². The van der Waals surface area contributed by atoms with E-state index >= 15 is 0 Å². The van der Waals surface area contributed by atoms with Crippen LogP contribution in [0.5, 0.6) is 5.75 Å². The lowest BCUT2D eigenvalue weighted by atomic mass is 9.94. The minimum absolute atomic E-state index is 0.315. The molecule has 1 saturated carbocycles. The van der Waals surface area contributed by atoms with Crippen LogP contribution in [-0.4, -0.2) is 64.3 Å². The second kappa shape index (κ2) is 11.2. The third kappa shape index (κ3) is 7.38. The molecule has 158 valence electrons. The molecule has 29 heavy (non-hydrogen) atoms. The monoisotopic (exact) mass is 398 g/mol. The molecule has 1 aliphatic carbocycles. The average Bonchev–Trinajstić information content (AvgIpc) is 2.74. The third-order valence-corrected chi connectivity index (χ3v) is 5.54. The molecule has 2 aromatic rings. The van der Waals surface area contributed by atoms with Gasteiger partial charge in [0.15, 0.2) is 0 Å². The van der Waals surface area contributed by atoms with E-state index in [2.05, 4.69) is 39.9 Å². The van der Waals surface area contributed by atoms with Gasteiger partial charge >= 0.3 is 0 Å². The van der Waals surface area contributed by atoms with Crippen molar-refractivity contribution in [3.8, 4) is 5.75 Å². The first kappa shape index (κ1) is 21.7. The Kier molecular flexibility index (Phi) is 8.40. The van der Waals surface area contributed by atoms with Crippen LogP contribution >= 0.6 is 0 Å². The quantitative estimate of drug-likeness (QED) is 0.664. The summed E-state index contributed by atoms with van der Waals surface area (Å²) in [7, 11) is 4.18. The first-order valence-corrected chi connectivity index (χ1v) is 10.6. The third-order valence-electron chi connectivity index (χ3n) is 5.54. The minimum atomic E-state index is -0.482. The largest absolute Gasteiger partial charge is 0.491 e. The molecule has 0 amide bonds. The molecule has 1 heterocycles. The first-order valence-electron chi connectivity index (χ1n) is 10.6. The SMILES string of the molecule is CN(Cc1cccc(OC[C@@H](O)CN(C)C2CCCCC2)c1)Cc1cnccn1. The normalized spacial score (nSPS) is 16.3. The highest BCUT2D eigenvalue weighted by molar-refractivity contribution is 5.28. The van der Waals surface area contributed by atoms with Gasteiger partial charge in [-0.2, -0.15) is 0 Å². The van der Waals surface area contributed by atoms with Crippen LogP contribution in [0.1, 0.15) is 43.4 Å². The summed E-state index contributed by atoms with van der Waals surface area (Å²) in [4.78, 5) is 12.9. The number of hydrogen-bond acceptors (Lipinski definition) is 6. The Morgan fingerprint density at radius 3 is 2.72 bits per heavy atom. The zero-order chi connectivity index (χ0) is 20.5. The Bertz CT molecular complexity index is 722. The topological polar surface area (TPSA) is 61.7 Å². The van der Waals surface area contributed by atoms with Gasteiger partial charge in [-0.3, -0.25) is 14.9 Å². The molecular formula is C23H34N4O2. The molecule has 0 aliphatic heterocycles. The molecule has 1 atom stereocenters. The number of aliphatic hydroxyl groups is 1. The predicted octanol–water partition coefficient (Wildman–Crippen LogP) is 3.11. The number of aliphatic hydroxyl groups excluding tert-OH is 1. The van der Waals surface area contributed by atoms with E-state index in [0.29, 0.717) is 19.2 Å². The Morgan fingerprint density at radius 2 is 1.97 bits per heavy atom. The maximum absolute atomic E-state index is 10.4. The van der Waals surface area contributed by atoms with E-state index < -0.39 is 6.10 Å². The van der Waals surface area contributed by atoms with Gasteiger partial charge in [-0.25, -0.2) is 0 Å². The second-order valence-electron chi connectivity index (χ2n) is 8.21. The van der Waals surface area contributed by atoms with Crippen LogP contribution in [0, 0.1) is 0 Å². The summed E-state index contributed by atoms with van der Waals surface area (Å²) in [6.07, 6.45) is 11.2. The fourth-order valence-electron chi connectivity index (χ4n) is 4.04. The number of rotatable bonds is 10. The molecule has 0 spiro atoms. The van der Waals surface area contributed by atoms with Crippen molar-refractivity contribution in [2.24, 2.45) is 0 Å². The smallest absolute Gasteiger partial charge is 0.119 e. The van der Waals surface area contributed by atoms with E-state index in [4.69, 9.17) is 4.74 Å². The Hall–Kier alpha value is -2.02. The van der Waals surface area contributed by atoms with Crippen molar-refractivity contribution in [2.75, 3.05) is 27.2 Å². The van der Waals surface area contributed by atoms with E-state index in [0.717, 1.165) is 24.5 Å². The maximum Gasteiger partial charge on any atom is 0.119 e. The van der Waals surface area contributed by atoms with Crippen molar-refractivity contribution in [1.29, 1.82) is 0 Å². The lowest BCUT2D eigenvalue weighted by Gasteiger charge is -2.32. The molecule has 6 nitrogen and oxygen atoms in total. The molecule has 1 aromatic carbocycles. The van der Waals surface area contributed by atoms with Crippen molar-refractivity contribution in [2.45, 2.75) is 57.3 Å². The first-order chi connectivity index (χ1) is 14.1. The van der Waals surface area contributed by atoms with E-state index in [1.807, 2.05) is 18.2 Å². The van der Waals surface area contributed by atoms with Crippen LogP contribution in [0.25, 0.3) is 0 Å². The second-order valence-corrected chi connectivity index (χ2v) is 8.21. The van der Waals surface area contributed by atoms with Crippen LogP contribution < -0.4 is 4.74 Å². The van der Waals surface area contributed by atoms with E-state index in [1.165, 1.54) is 37.7 Å². The Labute approximate surface area is 174 Å². The average molecular weight is 399 g/mol. The number of aromatic nitrogens is 2. The molecule has 3 rings (SSSR count). The summed E-state index contributed by atoms with van der Waals surface area (Å²) in [5.41, 5.74) is 2.12. The minimum Gasteiger partial charge on any atom is -0.491 e. The lowest BCUT2D eigenvalue weighted by Crippen LogP contribution is -2.40. The van der Waals surface area contributed by atoms with Gasteiger partial charge in [0.05, 0.1) is 5.69 Å². The van der Waals surface area contributed by atoms with Crippen molar-refractivity contribution >= 4 is 0 Å². The molecule has 1 aromatic heterocycles. The summed E-state index contributed by atoms with van der Waals surface area (Å²) < 4.78 is 5.88. The van der Waals surface area contributed by atoms with Gasteiger partial charge in [-0.15, -0.1) is 0 Å². The maximum atomic E-state index is 10.4. The van der Waals surface area contributed by atoms with Crippen LogP contribution in [-0.2, 0) is 13.1 Å². The van der Waals surface area contributed by atoms with Gasteiger partial charge in [-0.1, -0.05) is 31.4 Å². The molecular weight excluding hydrogens is 364 g/mol. The summed E-state index contributed by atoms with van der Waals surface area (Å²) in [5.74, 6) is 0.801. The van der Waals surface area contributed by atoms with Gasteiger partial charge in [0.25, 0.3) is 0 Å². The van der Waals surface area contributed by atoms with E-state index in [1.54, 1.807) is 18.6 Å². The summed E-state index contributed by atoms with van der Waals surface area (Å²) in [6, 6.07) is 8.69. The number of nitrogens with zero attached hydrogens (tertiary/aromatic N) is 4. The fraction of sp³-hybridized carbons (Fsp3) is 0.565. The zero-order valence-electron chi connectivity index (χ0n) is 17.7. The highest BCUT2D eigenvalue weighted by Crippen LogP contribution is 2.22. The molecule has 0 radical (unpaired) electrons. The molecule has 0 unspecified atom stereocenters. The summed E-state index contributed by atoms with van der Waals surface area (Å²) in [6.45, 7) is 2.51. The van der Waals surface area contributed by atoms with E-state index in [9.17, 15) is 5.11 Å². The number of hydrogen-bond donors (Lipinski definition) is 1. The molecule has 1 aliphatic rings. The van der Waals surface area contributed by atoms with Gasteiger partial charge in [0.1, 0.15) is 18.5 Å². The van der Waals surface area contributed by atoms with Gasteiger partial charge in [0, 0.05) is 44.3 Å². The zero-order valence-corrected chi connectivity index (χ0v) is 17.7. The number of benzene rings is 1. The Morgan fingerprint density at radius 1 is 1.14 bits per heavy atom. The van der Waals surface area contributed by atoms with Crippen LogP contribution in [0.2, 0.25) is 0 Å². The molecule has 6 heteroatoms. The standard InChI is InChI=1S/C23H34N4O2/c1-26(16-20-14-24-11-12-25-20)15-19-7-6-10-23(13-19)29-18-22(28)17-27(2)21-8-4-3-5-9-21/h6-7,10-14,21-22,28H,3-5,8-9,15-18H2,1-2H3/t22-/m0/s1. The number of ether oxygens (including phenoxy) is 1. The highest BCUT2D eigenvalue weighted by atomic mass is 16.5. The fourth-order valence-corrected chi connectivity index (χ4v) is 4.04. The van der Waals surface area contributed by atoms with Crippen LogP contribution in [0.15, 0.2) is 42.9 Å².